The highest BCUT2D eigenvalue weighted by Crippen LogP contribution is 2.33. The summed E-state index contributed by atoms with van der Waals surface area (Å²) in [5.41, 5.74) is 9.56. The van der Waals surface area contributed by atoms with Gasteiger partial charge in [-0.25, -0.2) is 0 Å². The van der Waals surface area contributed by atoms with Gasteiger partial charge in [-0.1, -0.05) is 23.7 Å². The predicted molar refractivity (Wildman–Crippen MR) is 78.0 cm³/mol. The van der Waals surface area contributed by atoms with Crippen molar-refractivity contribution < 1.29 is 0 Å². The molecule has 0 spiro atoms. The second-order valence-electron chi connectivity index (χ2n) is 3.82. The van der Waals surface area contributed by atoms with Crippen molar-refractivity contribution >= 4 is 44.6 Å². The maximum atomic E-state index is 6.03. The normalized spacial score (nSPS) is 10.3. The van der Waals surface area contributed by atoms with Gasteiger partial charge in [-0.3, -0.25) is 0 Å². The molecule has 0 aliphatic carbocycles. The Morgan fingerprint density at radius 1 is 1.18 bits per heavy atom. The zero-order chi connectivity index (χ0) is 12.4. The van der Waals surface area contributed by atoms with E-state index in [0.717, 1.165) is 21.4 Å². The van der Waals surface area contributed by atoms with Crippen LogP contribution in [-0.4, -0.2) is 0 Å². The lowest BCUT2D eigenvalue weighted by Crippen LogP contribution is -1.97. The number of halogens is 2. The number of nitrogen functional groups attached to an aromatic ring is 1. The fraction of sp³-hybridized carbons (Fsp3) is 0.0769. The number of anilines is 3. The molecule has 0 fully saturated rings. The van der Waals surface area contributed by atoms with E-state index in [0.29, 0.717) is 10.7 Å². The van der Waals surface area contributed by atoms with Gasteiger partial charge in [-0.15, -0.1) is 0 Å². The molecule has 17 heavy (non-hydrogen) atoms. The SMILES string of the molecule is Cc1ccc(N)c(Nc2cccc(Cl)c2Br)c1. The van der Waals surface area contributed by atoms with E-state index in [2.05, 4.69) is 21.2 Å². The monoisotopic (exact) mass is 310 g/mol. The predicted octanol–water partition coefficient (Wildman–Crippen LogP) is 4.74. The summed E-state index contributed by atoms with van der Waals surface area (Å²) in [5.74, 6) is 0. The molecule has 0 heterocycles. The molecule has 0 aliphatic rings. The first-order valence-electron chi connectivity index (χ1n) is 5.15. The summed E-state index contributed by atoms with van der Waals surface area (Å²) in [5, 5.41) is 3.93. The molecule has 2 aromatic rings. The fourth-order valence-corrected chi connectivity index (χ4v) is 2.06. The van der Waals surface area contributed by atoms with Gasteiger partial charge in [-0.2, -0.15) is 0 Å². The van der Waals surface area contributed by atoms with Crippen molar-refractivity contribution in [1.82, 2.24) is 0 Å². The van der Waals surface area contributed by atoms with Gasteiger partial charge >= 0.3 is 0 Å². The Kier molecular flexibility index (Phi) is 3.60. The molecule has 88 valence electrons. The van der Waals surface area contributed by atoms with Crippen LogP contribution in [-0.2, 0) is 0 Å². The number of aryl methyl sites for hydroxylation is 1. The average Bonchev–Trinajstić information content (AvgIpc) is 2.30. The van der Waals surface area contributed by atoms with Crippen molar-refractivity contribution in [2.75, 3.05) is 11.1 Å². The minimum absolute atomic E-state index is 0.668. The lowest BCUT2D eigenvalue weighted by atomic mass is 10.2. The van der Waals surface area contributed by atoms with Gasteiger partial charge in [0.2, 0.25) is 0 Å². The van der Waals surface area contributed by atoms with Crippen LogP contribution in [0.2, 0.25) is 5.02 Å². The molecule has 0 aromatic heterocycles. The van der Waals surface area contributed by atoms with Gasteiger partial charge < -0.3 is 11.1 Å². The van der Waals surface area contributed by atoms with E-state index in [1.165, 1.54) is 0 Å². The van der Waals surface area contributed by atoms with Gasteiger partial charge in [0.25, 0.3) is 0 Å². The lowest BCUT2D eigenvalue weighted by molar-refractivity contribution is 1.44. The number of nitrogens with one attached hydrogen (secondary N) is 1. The summed E-state index contributed by atoms with van der Waals surface area (Å²) in [6, 6.07) is 11.5. The third kappa shape index (κ3) is 2.73. The summed E-state index contributed by atoms with van der Waals surface area (Å²) in [6.45, 7) is 2.03. The molecular formula is C13H12BrClN2. The summed E-state index contributed by atoms with van der Waals surface area (Å²) in [6.07, 6.45) is 0. The molecule has 2 rings (SSSR count). The van der Waals surface area contributed by atoms with Gasteiger partial charge in [0.05, 0.1) is 26.6 Å². The van der Waals surface area contributed by atoms with E-state index in [1.54, 1.807) is 0 Å². The smallest absolute Gasteiger partial charge is 0.0620 e. The molecule has 0 unspecified atom stereocenters. The standard InChI is InChI=1S/C13H12BrClN2/c1-8-5-6-10(16)12(7-8)17-11-4-2-3-9(15)13(11)14/h2-7,17H,16H2,1H3. The first-order valence-corrected chi connectivity index (χ1v) is 6.32. The molecule has 0 amide bonds. The number of rotatable bonds is 2. The number of hydrogen-bond donors (Lipinski definition) is 2. The summed E-state index contributed by atoms with van der Waals surface area (Å²) < 4.78 is 0.836. The first-order chi connectivity index (χ1) is 8.08. The largest absolute Gasteiger partial charge is 0.397 e. The highest BCUT2D eigenvalue weighted by atomic mass is 79.9. The van der Waals surface area contributed by atoms with Gasteiger partial charge in [0, 0.05) is 0 Å². The highest BCUT2D eigenvalue weighted by Gasteiger charge is 2.05. The molecule has 0 radical (unpaired) electrons. The molecule has 0 saturated carbocycles. The Bertz CT molecular complexity index is 555. The Morgan fingerprint density at radius 2 is 1.94 bits per heavy atom. The van der Waals surface area contributed by atoms with Gasteiger partial charge in [-0.05, 0) is 52.7 Å². The average molecular weight is 312 g/mol. The van der Waals surface area contributed by atoms with Gasteiger partial charge in [0.15, 0.2) is 0 Å². The molecule has 0 atom stereocenters. The molecule has 0 bridgehead atoms. The van der Waals surface area contributed by atoms with E-state index in [-0.39, 0.29) is 0 Å². The van der Waals surface area contributed by atoms with Crippen LogP contribution in [0.3, 0.4) is 0 Å². The van der Waals surface area contributed by atoms with E-state index in [4.69, 9.17) is 17.3 Å². The quantitative estimate of drug-likeness (QED) is 0.786. The van der Waals surface area contributed by atoms with Crippen LogP contribution in [0.4, 0.5) is 17.1 Å². The summed E-state index contributed by atoms with van der Waals surface area (Å²) >= 11 is 9.48. The molecular weight excluding hydrogens is 300 g/mol. The Labute approximate surface area is 114 Å². The number of nitrogens with two attached hydrogens (primary N) is 1. The maximum Gasteiger partial charge on any atom is 0.0620 e. The third-order valence-electron chi connectivity index (χ3n) is 2.43. The first kappa shape index (κ1) is 12.3. The molecule has 0 aliphatic heterocycles. The topological polar surface area (TPSA) is 38.0 Å². The molecule has 4 heteroatoms. The van der Waals surface area contributed by atoms with E-state index < -0.39 is 0 Å². The maximum absolute atomic E-state index is 6.03. The zero-order valence-electron chi connectivity index (χ0n) is 9.30. The van der Waals surface area contributed by atoms with Crippen LogP contribution in [0.15, 0.2) is 40.9 Å². The van der Waals surface area contributed by atoms with Crippen LogP contribution in [0.1, 0.15) is 5.56 Å². The lowest BCUT2D eigenvalue weighted by Gasteiger charge is -2.12. The zero-order valence-corrected chi connectivity index (χ0v) is 11.6. The summed E-state index contributed by atoms with van der Waals surface area (Å²) in [4.78, 5) is 0. The molecule has 2 aromatic carbocycles. The number of benzene rings is 2. The van der Waals surface area contributed by atoms with Crippen molar-refractivity contribution in [2.24, 2.45) is 0 Å². The Balaban J connectivity index is 2.38. The van der Waals surface area contributed by atoms with Crippen LogP contribution >= 0.6 is 27.5 Å². The van der Waals surface area contributed by atoms with Crippen molar-refractivity contribution in [2.45, 2.75) is 6.92 Å². The second-order valence-corrected chi connectivity index (χ2v) is 5.02. The third-order valence-corrected chi connectivity index (χ3v) is 3.83. The van der Waals surface area contributed by atoms with Crippen LogP contribution in [0.5, 0.6) is 0 Å². The van der Waals surface area contributed by atoms with E-state index in [9.17, 15) is 0 Å². The van der Waals surface area contributed by atoms with Crippen molar-refractivity contribution in [3.8, 4) is 0 Å². The van der Waals surface area contributed by atoms with Gasteiger partial charge in [0.1, 0.15) is 0 Å². The minimum atomic E-state index is 0.668. The molecule has 3 N–H and O–H groups in total. The van der Waals surface area contributed by atoms with Crippen LogP contribution in [0.25, 0.3) is 0 Å². The van der Waals surface area contributed by atoms with Crippen molar-refractivity contribution in [3.63, 3.8) is 0 Å². The number of hydrogen-bond acceptors (Lipinski definition) is 2. The molecule has 0 saturated heterocycles. The highest BCUT2D eigenvalue weighted by molar-refractivity contribution is 9.10. The fourth-order valence-electron chi connectivity index (χ4n) is 1.52. The Hall–Kier alpha value is -1.19. The van der Waals surface area contributed by atoms with E-state index in [1.807, 2.05) is 43.3 Å². The van der Waals surface area contributed by atoms with Crippen molar-refractivity contribution in [1.29, 1.82) is 0 Å². The molecule has 2 nitrogen and oxygen atoms in total. The Morgan fingerprint density at radius 3 is 2.71 bits per heavy atom. The van der Waals surface area contributed by atoms with Crippen LogP contribution in [0, 0.1) is 6.92 Å². The van der Waals surface area contributed by atoms with E-state index >= 15 is 0 Å². The minimum Gasteiger partial charge on any atom is -0.397 e. The van der Waals surface area contributed by atoms with Crippen LogP contribution < -0.4 is 11.1 Å². The summed E-state index contributed by atoms with van der Waals surface area (Å²) in [7, 11) is 0. The second kappa shape index (κ2) is 4.98. The van der Waals surface area contributed by atoms with Crippen molar-refractivity contribution in [3.05, 3.63) is 51.5 Å².